The zero-order valence-electron chi connectivity index (χ0n) is 9.95. The molecular formula is C11H12O2S4. The number of methoxy groups -OCH3 is 1. The van der Waals surface area contributed by atoms with Crippen LogP contribution in [0.15, 0.2) is 28.1 Å². The van der Waals surface area contributed by atoms with Crippen molar-refractivity contribution in [3.63, 3.8) is 0 Å². The highest BCUT2D eigenvalue weighted by molar-refractivity contribution is 8.34. The predicted molar refractivity (Wildman–Crippen MR) is 80.5 cm³/mol. The zero-order chi connectivity index (χ0) is 12.6. The van der Waals surface area contributed by atoms with Crippen molar-refractivity contribution in [3.05, 3.63) is 28.1 Å². The lowest BCUT2D eigenvalue weighted by molar-refractivity contribution is -0.135. The van der Waals surface area contributed by atoms with Gasteiger partial charge in [-0.1, -0.05) is 47.0 Å². The van der Waals surface area contributed by atoms with Crippen molar-refractivity contribution in [2.75, 3.05) is 7.11 Å². The van der Waals surface area contributed by atoms with Gasteiger partial charge < -0.3 is 4.74 Å². The van der Waals surface area contributed by atoms with Crippen LogP contribution in [0.5, 0.6) is 0 Å². The Balaban J connectivity index is 2.17. The van der Waals surface area contributed by atoms with Crippen LogP contribution in [0.1, 0.15) is 20.8 Å². The maximum absolute atomic E-state index is 11.6. The van der Waals surface area contributed by atoms with Gasteiger partial charge in [0.1, 0.15) is 4.91 Å². The molecule has 0 aromatic heterocycles. The van der Waals surface area contributed by atoms with E-state index in [1.54, 1.807) is 35.3 Å². The maximum atomic E-state index is 11.6. The van der Waals surface area contributed by atoms with E-state index in [2.05, 4.69) is 13.8 Å². The van der Waals surface area contributed by atoms with Crippen LogP contribution in [0.25, 0.3) is 0 Å². The maximum Gasteiger partial charge on any atom is 0.345 e. The lowest BCUT2D eigenvalue weighted by atomic mass is 10.5. The average Bonchev–Trinajstić information content (AvgIpc) is 2.82. The Labute approximate surface area is 118 Å². The monoisotopic (exact) mass is 304 g/mol. The van der Waals surface area contributed by atoms with Gasteiger partial charge in [0.2, 0.25) is 0 Å². The summed E-state index contributed by atoms with van der Waals surface area (Å²) in [6.07, 6.45) is 0. The van der Waals surface area contributed by atoms with E-state index >= 15 is 0 Å². The third-order valence-corrected chi connectivity index (χ3v) is 8.03. The first-order valence-corrected chi connectivity index (χ1v) is 8.22. The van der Waals surface area contributed by atoms with E-state index in [0.29, 0.717) is 0 Å². The second-order valence-corrected chi connectivity index (χ2v) is 8.68. The Hall–Kier alpha value is 0.0900. The van der Waals surface area contributed by atoms with E-state index < -0.39 is 0 Å². The SMILES string of the molecule is COC(=O)C1=C(C)SC(=C2SC(C)=C(C)S2)S1. The Morgan fingerprint density at radius 1 is 0.882 bits per heavy atom. The first-order chi connectivity index (χ1) is 8.02. The second-order valence-electron chi connectivity index (χ2n) is 3.47. The van der Waals surface area contributed by atoms with Gasteiger partial charge in [0, 0.05) is 4.91 Å². The van der Waals surface area contributed by atoms with Gasteiger partial charge in [-0.05, 0) is 30.6 Å². The topological polar surface area (TPSA) is 26.3 Å². The van der Waals surface area contributed by atoms with E-state index in [1.807, 2.05) is 6.92 Å². The molecule has 2 aliphatic rings. The molecule has 0 radical (unpaired) electrons. The lowest BCUT2D eigenvalue weighted by Gasteiger charge is -2.01. The summed E-state index contributed by atoms with van der Waals surface area (Å²) in [6, 6.07) is 0. The third kappa shape index (κ3) is 2.75. The number of hydrogen-bond acceptors (Lipinski definition) is 6. The molecule has 0 N–H and O–H groups in total. The quantitative estimate of drug-likeness (QED) is 0.650. The van der Waals surface area contributed by atoms with Crippen molar-refractivity contribution in [2.45, 2.75) is 20.8 Å². The number of hydrogen-bond donors (Lipinski definition) is 0. The molecule has 0 atom stereocenters. The summed E-state index contributed by atoms with van der Waals surface area (Å²) in [5, 5.41) is 0. The fourth-order valence-electron chi connectivity index (χ4n) is 1.26. The molecule has 0 unspecified atom stereocenters. The highest BCUT2D eigenvalue weighted by atomic mass is 32.2. The van der Waals surface area contributed by atoms with Crippen LogP contribution in [0.2, 0.25) is 0 Å². The fourth-order valence-corrected chi connectivity index (χ4v) is 6.59. The van der Waals surface area contributed by atoms with Crippen LogP contribution in [0.4, 0.5) is 0 Å². The molecule has 0 spiro atoms. The number of rotatable bonds is 1. The lowest BCUT2D eigenvalue weighted by Crippen LogP contribution is -2.00. The molecule has 0 aromatic carbocycles. The number of ether oxygens (including phenoxy) is 1. The molecule has 0 aliphatic carbocycles. The van der Waals surface area contributed by atoms with Crippen molar-refractivity contribution >= 4 is 53.0 Å². The summed E-state index contributed by atoms with van der Waals surface area (Å²) in [7, 11) is 1.42. The van der Waals surface area contributed by atoms with E-state index in [-0.39, 0.29) is 5.97 Å². The summed E-state index contributed by atoms with van der Waals surface area (Å²) in [5.74, 6) is -0.231. The van der Waals surface area contributed by atoms with Gasteiger partial charge >= 0.3 is 5.97 Å². The average molecular weight is 304 g/mol. The Bertz CT molecular complexity index is 458. The minimum absolute atomic E-state index is 0.231. The minimum atomic E-state index is -0.231. The largest absolute Gasteiger partial charge is 0.465 e. The molecule has 17 heavy (non-hydrogen) atoms. The zero-order valence-corrected chi connectivity index (χ0v) is 13.2. The normalized spacial score (nSPS) is 20.7. The van der Waals surface area contributed by atoms with Crippen LogP contribution in [0.3, 0.4) is 0 Å². The van der Waals surface area contributed by atoms with Crippen LogP contribution in [-0.2, 0) is 9.53 Å². The molecule has 0 aromatic rings. The summed E-state index contributed by atoms with van der Waals surface area (Å²) >= 11 is 6.80. The van der Waals surface area contributed by atoms with Crippen molar-refractivity contribution < 1.29 is 9.53 Å². The standard InChI is InChI=1S/C11H12O2S4/c1-5-6(2)15-10(14-5)11-16-7(3)8(17-11)9(12)13-4/h1-4H3. The van der Waals surface area contributed by atoms with Gasteiger partial charge in [-0.2, -0.15) is 0 Å². The third-order valence-electron chi connectivity index (χ3n) is 2.29. The van der Waals surface area contributed by atoms with Gasteiger partial charge in [-0.3, -0.25) is 0 Å². The number of carbonyl (C=O) groups excluding carboxylic acids is 1. The molecule has 6 heteroatoms. The van der Waals surface area contributed by atoms with Crippen molar-refractivity contribution in [2.24, 2.45) is 0 Å². The Morgan fingerprint density at radius 2 is 1.35 bits per heavy atom. The number of carbonyl (C=O) groups is 1. The summed E-state index contributed by atoms with van der Waals surface area (Å²) < 4.78 is 7.27. The summed E-state index contributed by atoms with van der Waals surface area (Å²) in [6.45, 7) is 6.23. The fraction of sp³-hybridized carbons (Fsp3) is 0.364. The van der Waals surface area contributed by atoms with E-state index in [0.717, 1.165) is 9.81 Å². The van der Waals surface area contributed by atoms with Crippen LogP contribution in [-0.4, -0.2) is 13.1 Å². The molecule has 2 nitrogen and oxygen atoms in total. The molecule has 0 amide bonds. The number of thioether (sulfide) groups is 4. The van der Waals surface area contributed by atoms with E-state index in [4.69, 9.17) is 4.74 Å². The van der Waals surface area contributed by atoms with Gasteiger partial charge in [-0.25, -0.2) is 4.79 Å². The van der Waals surface area contributed by atoms with Gasteiger partial charge in [-0.15, -0.1) is 0 Å². The molecule has 0 saturated carbocycles. The molecule has 0 saturated heterocycles. The first kappa shape index (κ1) is 13.5. The predicted octanol–water partition coefficient (Wildman–Crippen LogP) is 4.73. The van der Waals surface area contributed by atoms with Crippen LogP contribution in [0, 0.1) is 0 Å². The van der Waals surface area contributed by atoms with E-state index in [9.17, 15) is 4.79 Å². The highest BCUT2D eigenvalue weighted by Gasteiger charge is 2.29. The van der Waals surface area contributed by atoms with Crippen molar-refractivity contribution in [1.82, 2.24) is 0 Å². The van der Waals surface area contributed by atoms with Crippen LogP contribution < -0.4 is 0 Å². The molecule has 92 valence electrons. The van der Waals surface area contributed by atoms with Crippen molar-refractivity contribution in [1.29, 1.82) is 0 Å². The van der Waals surface area contributed by atoms with Gasteiger partial charge in [0.15, 0.2) is 0 Å². The molecule has 2 rings (SSSR count). The van der Waals surface area contributed by atoms with E-state index in [1.165, 1.54) is 37.2 Å². The molecular weight excluding hydrogens is 292 g/mol. The van der Waals surface area contributed by atoms with Gasteiger partial charge in [0.05, 0.1) is 15.6 Å². The number of esters is 1. The summed E-state index contributed by atoms with van der Waals surface area (Å²) in [4.78, 5) is 16.0. The molecule has 2 aliphatic heterocycles. The Morgan fingerprint density at radius 3 is 1.88 bits per heavy atom. The minimum Gasteiger partial charge on any atom is -0.465 e. The second kappa shape index (κ2) is 5.38. The number of allylic oxidation sites excluding steroid dienone is 3. The van der Waals surface area contributed by atoms with Crippen molar-refractivity contribution in [3.8, 4) is 0 Å². The van der Waals surface area contributed by atoms with Gasteiger partial charge in [0.25, 0.3) is 0 Å². The Kier molecular flexibility index (Phi) is 4.28. The smallest absolute Gasteiger partial charge is 0.345 e. The molecule has 2 heterocycles. The molecule has 0 bridgehead atoms. The first-order valence-electron chi connectivity index (χ1n) is 4.95. The highest BCUT2D eigenvalue weighted by Crippen LogP contribution is 2.59. The summed E-state index contributed by atoms with van der Waals surface area (Å²) in [5.41, 5.74) is 0. The molecule has 0 fully saturated rings. The van der Waals surface area contributed by atoms with Crippen LogP contribution >= 0.6 is 47.0 Å².